The first kappa shape index (κ1) is 15.9. The van der Waals surface area contributed by atoms with Crippen LogP contribution in [0.2, 0.25) is 0 Å². The van der Waals surface area contributed by atoms with Gasteiger partial charge in [0.15, 0.2) is 0 Å². The molecule has 2 aromatic rings. The molecule has 0 spiro atoms. The third kappa shape index (κ3) is 4.04. The van der Waals surface area contributed by atoms with Crippen molar-refractivity contribution >= 4 is 17.4 Å². The number of hydrogen-bond acceptors (Lipinski definition) is 4. The van der Waals surface area contributed by atoms with E-state index in [4.69, 9.17) is 0 Å². The van der Waals surface area contributed by atoms with Gasteiger partial charge in [0.1, 0.15) is 17.8 Å². The number of aromatic nitrogens is 2. The normalized spacial score (nSPS) is 10.3. The Morgan fingerprint density at radius 1 is 1.23 bits per heavy atom. The van der Waals surface area contributed by atoms with Gasteiger partial charge in [0.05, 0.1) is 0 Å². The fraction of sp³-hybridized carbons (Fsp3) is 0.353. The molecular formula is C17H22N4O. The lowest BCUT2D eigenvalue weighted by atomic mass is 10.1. The van der Waals surface area contributed by atoms with Crippen molar-refractivity contribution in [3.8, 4) is 0 Å². The zero-order valence-corrected chi connectivity index (χ0v) is 13.3. The number of amides is 1. The van der Waals surface area contributed by atoms with Gasteiger partial charge in [0, 0.05) is 18.3 Å². The minimum atomic E-state index is -0.167. The maximum atomic E-state index is 12.0. The number of hydrogen-bond donors (Lipinski definition) is 2. The summed E-state index contributed by atoms with van der Waals surface area (Å²) >= 11 is 0. The Morgan fingerprint density at radius 3 is 2.82 bits per heavy atom. The van der Waals surface area contributed by atoms with Gasteiger partial charge in [-0.05, 0) is 37.5 Å². The molecule has 2 N–H and O–H groups in total. The predicted molar refractivity (Wildman–Crippen MR) is 88.5 cm³/mol. The molecule has 1 heterocycles. The van der Waals surface area contributed by atoms with Crippen LogP contribution in [0, 0.1) is 13.8 Å². The van der Waals surface area contributed by atoms with E-state index < -0.39 is 0 Å². The second-order valence-electron chi connectivity index (χ2n) is 5.27. The van der Waals surface area contributed by atoms with Crippen molar-refractivity contribution in [2.24, 2.45) is 0 Å². The number of nitrogens with one attached hydrogen (secondary N) is 2. The van der Waals surface area contributed by atoms with Crippen LogP contribution in [0.5, 0.6) is 0 Å². The molecule has 0 radical (unpaired) electrons. The van der Waals surface area contributed by atoms with E-state index in [0.717, 1.165) is 24.1 Å². The highest BCUT2D eigenvalue weighted by atomic mass is 16.1. The average Bonchev–Trinajstić information content (AvgIpc) is 2.52. The lowest BCUT2D eigenvalue weighted by Crippen LogP contribution is -2.25. The number of anilines is 2. The second-order valence-corrected chi connectivity index (χ2v) is 5.27. The molecule has 0 saturated heterocycles. The van der Waals surface area contributed by atoms with Gasteiger partial charge in [-0.1, -0.05) is 25.5 Å². The molecule has 0 aliphatic heterocycles. The summed E-state index contributed by atoms with van der Waals surface area (Å²) in [5.41, 5.74) is 3.72. The summed E-state index contributed by atoms with van der Waals surface area (Å²) in [7, 11) is 0. The third-order valence-corrected chi connectivity index (χ3v) is 3.58. The fourth-order valence-corrected chi connectivity index (χ4v) is 2.04. The van der Waals surface area contributed by atoms with Gasteiger partial charge in [-0.2, -0.15) is 0 Å². The van der Waals surface area contributed by atoms with Gasteiger partial charge in [-0.15, -0.1) is 0 Å². The van der Waals surface area contributed by atoms with E-state index in [1.807, 2.05) is 12.1 Å². The van der Waals surface area contributed by atoms with Crippen molar-refractivity contribution in [3.63, 3.8) is 0 Å². The van der Waals surface area contributed by atoms with Crippen LogP contribution in [0.4, 0.5) is 11.5 Å². The summed E-state index contributed by atoms with van der Waals surface area (Å²) in [6, 6.07) is 7.71. The Balaban J connectivity index is 2.11. The number of carbonyl (C=O) groups excluding carboxylic acids is 1. The molecule has 1 aromatic heterocycles. The first-order valence-electron chi connectivity index (χ1n) is 7.55. The van der Waals surface area contributed by atoms with Crippen LogP contribution in [0.1, 0.15) is 41.4 Å². The quantitative estimate of drug-likeness (QED) is 0.802. The standard InChI is InChI=1S/C17H22N4O/c1-4-5-9-18-17(22)15-10-16(20-11-19-15)21-14-8-6-7-12(2)13(14)3/h6-8,10-11H,4-5,9H2,1-3H3,(H,18,22)(H,19,20,21). The number of rotatable bonds is 6. The molecule has 0 aliphatic rings. The summed E-state index contributed by atoms with van der Waals surface area (Å²) in [6.45, 7) is 6.87. The molecule has 0 saturated carbocycles. The Labute approximate surface area is 131 Å². The molecule has 22 heavy (non-hydrogen) atoms. The van der Waals surface area contributed by atoms with Gasteiger partial charge in [0.2, 0.25) is 0 Å². The van der Waals surface area contributed by atoms with Crippen molar-refractivity contribution in [1.82, 2.24) is 15.3 Å². The Bertz CT molecular complexity index is 655. The van der Waals surface area contributed by atoms with Crippen LogP contribution in [-0.4, -0.2) is 22.4 Å². The number of benzene rings is 1. The molecule has 5 heteroatoms. The molecule has 0 aliphatic carbocycles. The molecular weight excluding hydrogens is 276 g/mol. The molecule has 5 nitrogen and oxygen atoms in total. The fourth-order valence-electron chi connectivity index (χ4n) is 2.04. The number of unbranched alkanes of at least 4 members (excludes halogenated alkanes) is 1. The van der Waals surface area contributed by atoms with E-state index in [0.29, 0.717) is 18.1 Å². The molecule has 0 fully saturated rings. The second kappa shape index (κ2) is 7.54. The smallest absolute Gasteiger partial charge is 0.270 e. The maximum Gasteiger partial charge on any atom is 0.270 e. The predicted octanol–water partition coefficient (Wildman–Crippen LogP) is 3.37. The molecule has 1 aromatic carbocycles. The van der Waals surface area contributed by atoms with E-state index in [2.05, 4.69) is 47.4 Å². The van der Waals surface area contributed by atoms with Gasteiger partial charge in [-0.25, -0.2) is 9.97 Å². The van der Waals surface area contributed by atoms with Crippen LogP contribution in [0.3, 0.4) is 0 Å². The lowest BCUT2D eigenvalue weighted by molar-refractivity contribution is 0.0948. The van der Waals surface area contributed by atoms with Crippen molar-refractivity contribution in [1.29, 1.82) is 0 Å². The van der Waals surface area contributed by atoms with E-state index in [1.54, 1.807) is 6.07 Å². The minimum absolute atomic E-state index is 0.167. The van der Waals surface area contributed by atoms with Crippen molar-refractivity contribution in [2.45, 2.75) is 33.6 Å². The lowest BCUT2D eigenvalue weighted by Gasteiger charge is -2.11. The Kier molecular flexibility index (Phi) is 5.47. The molecule has 1 amide bonds. The molecule has 0 bridgehead atoms. The third-order valence-electron chi connectivity index (χ3n) is 3.58. The monoisotopic (exact) mass is 298 g/mol. The van der Waals surface area contributed by atoms with Crippen molar-refractivity contribution in [3.05, 3.63) is 47.4 Å². The number of aryl methyl sites for hydroxylation is 1. The average molecular weight is 298 g/mol. The summed E-state index contributed by atoms with van der Waals surface area (Å²) in [5, 5.41) is 6.10. The van der Waals surface area contributed by atoms with E-state index in [-0.39, 0.29) is 5.91 Å². The van der Waals surface area contributed by atoms with Crippen molar-refractivity contribution < 1.29 is 4.79 Å². The number of carbonyl (C=O) groups is 1. The Morgan fingerprint density at radius 2 is 2.05 bits per heavy atom. The van der Waals surface area contributed by atoms with Gasteiger partial charge >= 0.3 is 0 Å². The summed E-state index contributed by atoms with van der Waals surface area (Å²) < 4.78 is 0. The van der Waals surface area contributed by atoms with Crippen LogP contribution in [0.25, 0.3) is 0 Å². The summed E-state index contributed by atoms with van der Waals surface area (Å²) in [4.78, 5) is 20.2. The molecule has 0 unspecified atom stereocenters. The molecule has 116 valence electrons. The van der Waals surface area contributed by atoms with Crippen LogP contribution in [0.15, 0.2) is 30.6 Å². The molecule has 0 atom stereocenters. The minimum Gasteiger partial charge on any atom is -0.351 e. The van der Waals surface area contributed by atoms with E-state index >= 15 is 0 Å². The molecule has 2 rings (SSSR count). The zero-order chi connectivity index (χ0) is 15.9. The number of nitrogens with zero attached hydrogens (tertiary/aromatic N) is 2. The van der Waals surface area contributed by atoms with Crippen LogP contribution >= 0.6 is 0 Å². The maximum absolute atomic E-state index is 12.0. The van der Waals surface area contributed by atoms with Crippen LogP contribution in [-0.2, 0) is 0 Å². The summed E-state index contributed by atoms with van der Waals surface area (Å²) in [6.07, 6.45) is 3.41. The van der Waals surface area contributed by atoms with Crippen molar-refractivity contribution in [2.75, 3.05) is 11.9 Å². The van der Waals surface area contributed by atoms with Gasteiger partial charge in [0.25, 0.3) is 5.91 Å². The van der Waals surface area contributed by atoms with Crippen LogP contribution < -0.4 is 10.6 Å². The summed E-state index contributed by atoms with van der Waals surface area (Å²) in [5.74, 6) is 0.448. The largest absolute Gasteiger partial charge is 0.351 e. The van der Waals surface area contributed by atoms with E-state index in [1.165, 1.54) is 11.9 Å². The zero-order valence-electron chi connectivity index (χ0n) is 13.3. The first-order valence-corrected chi connectivity index (χ1v) is 7.55. The topological polar surface area (TPSA) is 66.9 Å². The SMILES string of the molecule is CCCCNC(=O)c1cc(Nc2cccc(C)c2C)ncn1. The highest BCUT2D eigenvalue weighted by Crippen LogP contribution is 2.21. The van der Waals surface area contributed by atoms with Gasteiger partial charge in [-0.3, -0.25) is 4.79 Å². The van der Waals surface area contributed by atoms with E-state index in [9.17, 15) is 4.79 Å². The highest BCUT2D eigenvalue weighted by molar-refractivity contribution is 5.92. The Hall–Kier alpha value is -2.43. The van der Waals surface area contributed by atoms with Gasteiger partial charge < -0.3 is 10.6 Å². The highest BCUT2D eigenvalue weighted by Gasteiger charge is 2.09. The first-order chi connectivity index (χ1) is 10.6.